The predicted octanol–water partition coefficient (Wildman–Crippen LogP) is 3.26. The number of anilines is 3. The first kappa shape index (κ1) is 11.5. The normalized spacial score (nSPS) is 17.1. The number of carbonyl (C=O) groups excluding carboxylic acids is 1. The molecular weight excluding hydrogens is 250 g/mol. The summed E-state index contributed by atoms with van der Waals surface area (Å²) in [7, 11) is 0. The zero-order valence-electron chi connectivity index (χ0n) is 11.3. The van der Waals surface area contributed by atoms with E-state index in [1.807, 2.05) is 31.2 Å². The summed E-state index contributed by atoms with van der Waals surface area (Å²) in [6.45, 7) is 2.02. The second-order valence-electron chi connectivity index (χ2n) is 5.40. The highest BCUT2D eigenvalue weighted by atomic mass is 16.1. The van der Waals surface area contributed by atoms with Crippen molar-refractivity contribution in [3.05, 3.63) is 47.7 Å². The number of nitrogens with one attached hydrogen (secondary N) is 1. The molecule has 2 aromatic rings. The van der Waals surface area contributed by atoms with Crippen molar-refractivity contribution < 1.29 is 4.79 Å². The van der Waals surface area contributed by atoms with Gasteiger partial charge in [0.25, 0.3) is 5.91 Å². The number of hydrogen-bond donors (Lipinski definition) is 1. The standard InChI is InChI=1S/C16H15N3O/c1-10-4-2-6-13-14(10)18-16(20)12-5-3-9-17-15(12)19(13)11-7-8-11/h2-6,9,11H,7-8H2,1H3,(H,18,20). The Hall–Kier alpha value is -2.36. The van der Waals surface area contributed by atoms with E-state index in [1.54, 1.807) is 6.20 Å². The number of aromatic nitrogens is 1. The van der Waals surface area contributed by atoms with Crippen LogP contribution in [0.5, 0.6) is 0 Å². The van der Waals surface area contributed by atoms with E-state index in [-0.39, 0.29) is 5.91 Å². The Morgan fingerprint density at radius 3 is 2.90 bits per heavy atom. The number of para-hydroxylation sites is 1. The van der Waals surface area contributed by atoms with Crippen LogP contribution < -0.4 is 10.2 Å². The van der Waals surface area contributed by atoms with Crippen LogP contribution in [0, 0.1) is 6.92 Å². The molecule has 0 bridgehead atoms. The van der Waals surface area contributed by atoms with Crippen molar-refractivity contribution in [2.45, 2.75) is 25.8 Å². The number of pyridine rings is 1. The first-order valence-electron chi connectivity index (χ1n) is 6.91. The van der Waals surface area contributed by atoms with Gasteiger partial charge in [0.2, 0.25) is 0 Å². The van der Waals surface area contributed by atoms with Crippen molar-refractivity contribution in [1.82, 2.24) is 4.98 Å². The van der Waals surface area contributed by atoms with Gasteiger partial charge in [0.15, 0.2) is 0 Å². The molecule has 0 radical (unpaired) electrons. The molecule has 1 aromatic heterocycles. The quantitative estimate of drug-likeness (QED) is 0.860. The third-order valence-electron chi connectivity index (χ3n) is 3.92. The molecule has 0 atom stereocenters. The van der Waals surface area contributed by atoms with Crippen LogP contribution in [0.15, 0.2) is 36.5 Å². The molecule has 2 aliphatic rings. The number of hydrogen-bond acceptors (Lipinski definition) is 3. The molecule has 0 unspecified atom stereocenters. The van der Waals surface area contributed by atoms with Gasteiger partial charge in [0.05, 0.1) is 16.9 Å². The molecule has 2 heterocycles. The van der Waals surface area contributed by atoms with Gasteiger partial charge in [-0.2, -0.15) is 0 Å². The monoisotopic (exact) mass is 265 g/mol. The van der Waals surface area contributed by atoms with Crippen molar-refractivity contribution >= 4 is 23.1 Å². The number of amides is 1. The van der Waals surface area contributed by atoms with Crippen LogP contribution >= 0.6 is 0 Å². The fourth-order valence-corrected chi connectivity index (χ4v) is 2.78. The van der Waals surface area contributed by atoms with Crippen LogP contribution in [0.2, 0.25) is 0 Å². The minimum atomic E-state index is -0.0770. The van der Waals surface area contributed by atoms with Gasteiger partial charge in [-0.25, -0.2) is 4.98 Å². The Kier molecular flexibility index (Phi) is 2.33. The fraction of sp³-hybridized carbons (Fsp3) is 0.250. The molecule has 1 amide bonds. The highest BCUT2D eigenvalue weighted by Crippen LogP contribution is 2.44. The van der Waals surface area contributed by atoms with Gasteiger partial charge in [-0.05, 0) is 43.5 Å². The minimum Gasteiger partial charge on any atom is -0.321 e. The zero-order chi connectivity index (χ0) is 13.7. The smallest absolute Gasteiger partial charge is 0.259 e. The largest absolute Gasteiger partial charge is 0.321 e. The maximum Gasteiger partial charge on any atom is 0.259 e. The number of fused-ring (bicyclic) bond motifs is 2. The van der Waals surface area contributed by atoms with E-state index in [9.17, 15) is 4.79 Å². The topological polar surface area (TPSA) is 45.2 Å². The van der Waals surface area contributed by atoms with Gasteiger partial charge in [-0.15, -0.1) is 0 Å². The summed E-state index contributed by atoms with van der Waals surface area (Å²) < 4.78 is 0. The third-order valence-corrected chi connectivity index (χ3v) is 3.92. The number of carbonyl (C=O) groups is 1. The number of nitrogens with zero attached hydrogens (tertiary/aromatic N) is 2. The van der Waals surface area contributed by atoms with Crippen molar-refractivity contribution in [1.29, 1.82) is 0 Å². The summed E-state index contributed by atoms with van der Waals surface area (Å²) in [4.78, 5) is 19.1. The molecule has 1 saturated carbocycles. The number of aryl methyl sites for hydroxylation is 1. The van der Waals surface area contributed by atoms with Gasteiger partial charge in [0, 0.05) is 12.2 Å². The summed E-state index contributed by atoms with van der Waals surface area (Å²) in [5, 5.41) is 3.04. The molecule has 1 aliphatic heterocycles. The van der Waals surface area contributed by atoms with Crippen LogP contribution in [-0.2, 0) is 0 Å². The molecule has 0 saturated heterocycles. The Morgan fingerprint density at radius 2 is 2.10 bits per heavy atom. The van der Waals surface area contributed by atoms with E-state index in [0.29, 0.717) is 11.6 Å². The molecule has 1 aliphatic carbocycles. The lowest BCUT2D eigenvalue weighted by molar-refractivity contribution is 0.102. The van der Waals surface area contributed by atoms with Crippen LogP contribution in [0.3, 0.4) is 0 Å². The molecular formula is C16H15N3O. The average molecular weight is 265 g/mol. The highest BCUT2D eigenvalue weighted by Gasteiger charge is 2.36. The number of rotatable bonds is 1. The minimum absolute atomic E-state index is 0.0770. The Balaban J connectivity index is 2.00. The van der Waals surface area contributed by atoms with E-state index in [4.69, 9.17) is 0 Å². The van der Waals surface area contributed by atoms with Gasteiger partial charge in [0.1, 0.15) is 5.82 Å². The maximum atomic E-state index is 12.4. The predicted molar refractivity (Wildman–Crippen MR) is 78.5 cm³/mol. The summed E-state index contributed by atoms with van der Waals surface area (Å²) >= 11 is 0. The summed E-state index contributed by atoms with van der Waals surface area (Å²) in [6, 6.07) is 10.2. The van der Waals surface area contributed by atoms with Gasteiger partial charge in [-0.3, -0.25) is 4.79 Å². The summed E-state index contributed by atoms with van der Waals surface area (Å²) in [5.41, 5.74) is 3.69. The van der Waals surface area contributed by atoms with E-state index >= 15 is 0 Å². The van der Waals surface area contributed by atoms with Gasteiger partial charge < -0.3 is 10.2 Å². The van der Waals surface area contributed by atoms with Crippen LogP contribution in [0.25, 0.3) is 0 Å². The molecule has 1 N–H and O–H groups in total. The molecule has 4 rings (SSSR count). The second-order valence-corrected chi connectivity index (χ2v) is 5.40. The first-order valence-corrected chi connectivity index (χ1v) is 6.91. The lowest BCUT2D eigenvalue weighted by Crippen LogP contribution is -2.21. The zero-order valence-corrected chi connectivity index (χ0v) is 11.3. The van der Waals surface area contributed by atoms with Crippen LogP contribution in [0.4, 0.5) is 17.2 Å². The van der Waals surface area contributed by atoms with E-state index in [0.717, 1.165) is 35.6 Å². The number of benzene rings is 1. The summed E-state index contributed by atoms with van der Waals surface area (Å²) in [6.07, 6.45) is 4.05. The molecule has 4 nitrogen and oxygen atoms in total. The lowest BCUT2D eigenvalue weighted by atomic mass is 10.1. The molecule has 20 heavy (non-hydrogen) atoms. The Bertz CT molecular complexity index is 707. The van der Waals surface area contributed by atoms with Crippen molar-refractivity contribution in [3.63, 3.8) is 0 Å². The van der Waals surface area contributed by atoms with Gasteiger partial charge >= 0.3 is 0 Å². The second kappa shape index (κ2) is 4.07. The Morgan fingerprint density at radius 1 is 1.25 bits per heavy atom. The van der Waals surface area contributed by atoms with E-state index in [1.165, 1.54) is 0 Å². The molecule has 100 valence electrons. The van der Waals surface area contributed by atoms with E-state index in [2.05, 4.69) is 21.3 Å². The molecule has 0 spiro atoms. The highest BCUT2D eigenvalue weighted by molar-refractivity contribution is 6.12. The SMILES string of the molecule is Cc1cccc2c1NC(=O)c1cccnc1N2C1CC1. The van der Waals surface area contributed by atoms with E-state index < -0.39 is 0 Å². The van der Waals surface area contributed by atoms with Crippen molar-refractivity contribution in [2.75, 3.05) is 10.2 Å². The van der Waals surface area contributed by atoms with Crippen LogP contribution in [-0.4, -0.2) is 16.9 Å². The Labute approximate surface area is 117 Å². The third kappa shape index (κ3) is 1.61. The molecule has 1 fully saturated rings. The first-order chi connectivity index (χ1) is 9.75. The van der Waals surface area contributed by atoms with Crippen LogP contribution in [0.1, 0.15) is 28.8 Å². The summed E-state index contributed by atoms with van der Waals surface area (Å²) in [5.74, 6) is 0.698. The molecule has 4 heteroatoms. The lowest BCUT2D eigenvalue weighted by Gasteiger charge is -2.25. The average Bonchev–Trinajstić information content (AvgIpc) is 3.27. The fourth-order valence-electron chi connectivity index (χ4n) is 2.78. The van der Waals surface area contributed by atoms with Gasteiger partial charge in [-0.1, -0.05) is 12.1 Å². The maximum absolute atomic E-state index is 12.4. The van der Waals surface area contributed by atoms with Crippen molar-refractivity contribution in [3.8, 4) is 0 Å². The molecule has 1 aromatic carbocycles. The van der Waals surface area contributed by atoms with Crippen molar-refractivity contribution in [2.24, 2.45) is 0 Å².